The minimum atomic E-state index is -0.880. The Morgan fingerprint density at radius 1 is 0.750 bits per heavy atom. The highest BCUT2D eigenvalue weighted by Crippen LogP contribution is 2.08. The molecule has 0 radical (unpaired) electrons. The molecular weight excluding hydrogens is 194 g/mol. The van der Waals surface area contributed by atoms with Crippen LogP contribution in [0, 0.1) is 0 Å². The molecule has 6 heteroatoms. The molecule has 8 heavy (non-hydrogen) atoms. The number of rotatable bonds is 2. The van der Waals surface area contributed by atoms with Crippen molar-refractivity contribution in [3.8, 4) is 0 Å². The summed E-state index contributed by atoms with van der Waals surface area (Å²) in [6.45, 7) is 0. The van der Waals surface area contributed by atoms with Crippen LogP contribution in [0.2, 0.25) is 0 Å². The fraction of sp³-hybridized carbons (Fsp3) is 1.00. The fourth-order valence-electron chi connectivity index (χ4n) is 0.101. The highest BCUT2D eigenvalue weighted by molar-refractivity contribution is 6.44. The third-order valence-corrected chi connectivity index (χ3v) is 0.590. The predicted octanol–water partition coefficient (Wildman–Crippen LogP) is 2.96. The molecule has 0 bridgehead atoms. The second-order valence-corrected chi connectivity index (χ2v) is 2.89. The first-order valence-electron chi connectivity index (χ1n) is 1.59. The number of halogens is 4. The predicted molar refractivity (Wildman–Crippen MR) is 35.8 cm³/mol. The Labute approximate surface area is 66.8 Å². The molecule has 0 aromatic rings. The van der Waals surface area contributed by atoms with Crippen molar-refractivity contribution in [3.63, 3.8) is 0 Å². The molecular formula is C2H2Cl4N2. The lowest BCUT2D eigenvalue weighted by Crippen LogP contribution is -1.79. The number of nitrogens with zero attached hydrogens (tertiary/aromatic N) is 2. The molecule has 2 nitrogen and oxygen atoms in total. The second kappa shape index (κ2) is 4.62. The highest BCUT2D eigenvalue weighted by Gasteiger charge is 1.94. The number of hydrogen-bond acceptors (Lipinski definition) is 2. The van der Waals surface area contributed by atoms with Gasteiger partial charge in [-0.15, -0.1) is 0 Å². The van der Waals surface area contributed by atoms with Crippen LogP contribution in [0.15, 0.2) is 10.2 Å². The lowest BCUT2D eigenvalue weighted by atomic mass is 11.4. The Bertz CT molecular complexity index is 70.1. The van der Waals surface area contributed by atoms with E-state index >= 15 is 0 Å². The fourth-order valence-corrected chi connectivity index (χ4v) is 0.302. The van der Waals surface area contributed by atoms with Crippen molar-refractivity contribution in [1.82, 2.24) is 0 Å². The van der Waals surface area contributed by atoms with Crippen molar-refractivity contribution >= 4 is 46.4 Å². The first-order chi connectivity index (χ1) is 3.63. The van der Waals surface area contributed by atoms with E-state index in [1.807, 2.05) is 0 Å². The van der Waals surface area contributed by atoms with Crippen molar-refractivity contribution in [1.29, 1.82) is 0 Å². The van der Waals surface area contributed by atoms with Crippen LogP contribution in [0.25, 0.3) is 0 Å². The lowest BCUT2D eigenvalue weighted by Gasteiger charge is -1.88. The first kappa shape index (κ1) is 8.76. The van der Waals surface area contributed by atoms with E-state index < -0.39 is 9.92 Å². The van der Waals surface area contributed by atoms with Gasteiger partial charge < -0.3 is 0 Å². The molecule has 0 N–H and O–H groups in total. The molecule has 0 unspecified atom stereocenters. The Morgan fingerprint density at radius 2 is 1.00 bits per heavy atom. The molecule has 0 heterocycles. The maximum Gasteiger partial charge on any atom is 0.217 e. The van der Waals surface area contributed by atoms with Gasteiger partial charge in [-0.05, 0) is 0 Å². The monoisotopic (exact) mass is 194 g/mol. The molecule has 0 amide bonds. The average Bonchev–Trinajstić information content (AvgIpc) is 1.61. The molecule has 0 saturated heterocycles. The largest absolute Gasteiger partial charge is 0.217 e. The summed E-state index contributed by atoms with van der Waals surface area (Å²) in [4.78, 5) is -1.76. The quantitative estimate of drug-likeness (QED) is 0.368. The Hall–Kier alpha value is 0.760. The van der Waals surface area contributed by atoms with E-state index in [0.717, 1.165) is 0 Å². The maximum absolute atomic E-state index is 5.11. The van der Waals surface area contributed by atoms with Gasteiger partial charge in [0, 0.05) is 0 Å². The minimum Gasteiger partial charge on any atom is -0.155 e. The van der Waals surface area contributed by atoms with Crippen LogP contribution in [-0.4, -0.2) is 9.92 Å². The zero-order chi connectivity index (χ0) is 6.57. The van der Waals surface area contributed by atoms with E-state index in [0.29, 0.717) is 0 Å². The van der Waals surface area contributed by atoms with Crippen LogP contribution < -0.4 is 0 Å². The second-order valence-electron chi connectivity index (χ2n) is 0.786. The SMILES string of the molecule is ClC(Cl)/N=N/C(Cl)Cl. The van der Waals surface area contributed by atoms with Gasteiger partial charge in [-0.1, -0.05) is 46.4 Å². The van der Waals surface area contributed by atoms with Gasteiger partial charge >= 0.3 is 0 Å². The van der Waals surface area contributed by atoms with Gasteiger partial charge in [-0.25, -0.2) is 0 Å². The van der Waals surface area contributed by atoms with Gasteiger partial charge in [0.2, 0.25) is 9.92 Å². The van der Waals surface area contributed by atoms with Crippen molar-refractivity contribution < 1.29 is 0 Å². The van der Waals surface area contributed by atoms with Crippen molar-refractivity contribution in [3.05, 3.63) is 0 Å². The molecule has 0 aromatic carbocycles. The van der Waals surface area contributed by atoms with E-state index in [4.69, 9.17) is 46.4 Å². The molecule has 0 spiro atoms. The summed E-state index contributed by atoms with van der Waals surface area (Å²) in [5.41, 5.74) is 0. The van der Waals surface area contributed by atoms with Crippen LogP contribution in [-0.2, 0) is 0 Å². The third kappa shape index (κ3) is 6.76. The third-order valence-electron chi connectivity index (χ3n) is 0.241. The van der Waals surface area contributed by atoms with E-state index in [-0.39, 0.29) is 0 Å². The number of alkyl halides is 4. The first-order valence-corrected chi connectivity index (χ1v) is 3.34. The molecule has 0 aliphatic carbocycles. The summed E-state index contributed by atoms with van der Waals surface area (Å²) in [5, 5.41) is 6.43. The van der Waals surface area contributed by atoms with Crippen LogP contribution in [0.3, 0.4) is 0 Å². The molecule has 0 aliphatic heterocycles. The summed E-state index contributed by atoms with van der Waals surface area (Å²) >= 11 is 20.4. The summed E-state index contributed by atoms with van der Waals surface area (Å²) in [6.07, 6.45) is 0. The van der Waals surface area contributed by atoms with Crippen molar-refractivity contribution in [2.45, 2.75) is 9.92 Å². The van der Waals surface area contributed by atoms with Gasteiger partial charge in [-0.2, -0.15) is 10.2 Å². The van der Waals surface area contributed by atoms with E-state index in [9.17, 15) is 0 Å². The standard InChI is InChI=1S/C2H2Cl4N2/c3-1(4)7-8-2(5)6/h1-2H/b8-7+. The summed E-state index contributed by atoms with van der Waals surface area (Å²) < 4.78 is 0. The normalized spacial score (nSPS) is 12.2. The molecule has 0 rings (SSSR count). The van der Waals surface area contributed by atoms with Crippen LogP contribution in [0.5, 0.6) is 0 Å². The summed E-state index contributed by atoms with van der Waals surface area (Å²) in [7, 11) is 0. The topological polar surface area (TPSA) is 24.7 Å². The zero-order valence-electron chi connectivity index (χ0n) is 3.56. The Kier molecular flexibility index (Phi) is 5.06. The minimum absolute atomic E-state index is 0.880. The van der Waals surface area contributed by atoms with Crippen molar-refractivity contribution in [2.24, 2.45) is 10.2 Å². The molecule has 48 valence electrons. The van der Waals surface area contributed by atoms with Gasteiger partial charge in [0.05, 0.1) is 0 Å². The van der Waals surface area contributed by atoms with Gasteiger partial charge in [-0.3, -0.25) is 0 Å². The maximum atomic E-state index is 5.11. The number of hydrogen-bond donors (Lipinski definition) is 0. The van der Waals surface area contributed by atoms with Gasteiger partial charge in [0.25, 0.3) is 0 Å². The van der Waals surface area contributed by atoms with E-state index in [1.54, 1.807) is 0 Å². The molecule has 0 fully saturated rings. The average molecular weight is 196 g/mol. The molecule has 0 atom stereocenters. The molecule has 0 saturated carbocycles. The smallest absolute Gasteiger partial charge is 0.155 e. The molecule has 0 aliphatic rings. The van der Waals surface area contributed by atoms with E-state index in [1.165, 1.54) is 0 Å². The Morgan fingerprint density at radius 3 is 1.12 bits per heavy atom. The number of azo groups is 1. The summed E-state index contributed by atoms with van der Waals surface area (Å²) in [5.74, 6) is 0. The Balaban J connectivity index is 3.34. The molecule has 0 aromatic heterocycles. The van der Waals surface area contributed by atoms with Gasteiger partial charge in [0.15, 0.2) is 0 Å². The lowest BCUT2D eigenvalue weighted by molar-refractivity contribution is 0.978. The zero-order valence-corrected chi connectivity index (χ0v) is 6.58. The van der Waals surface area contributed by atoms with Crippen molar-refractivity contribution in [2.75, 3.05) is 0 Å². The summed E-state index contributed by atoms with van der Waals surface area (Å²) in [6, 6.07) is 0. The highest BCUT2D eigenvalue weighted by atomic mass is 35.5. The van der Waals surface area contributed by atoms with Crippen LogP contribution in [0.1, 0.15) is 0 Å². The van der Waals surface area contributed by atoms with E-state index in [2.05, 4.69) is 10.2 Å². The van der Waals surface area contributed by atoms with Crippen LogP contribution >= 0.6 is 46.4 Å². The van der Waals surface area contributed by atoms with Gasteiger partial charge in [0.1, 0.15) is 0 Å². The van der Waals surface area contributed by atoms with Crippen LogP contribution in [0.4, 0.5) is 0 Å².